The van der Waals surface area contributed by atoms with Gasteiger partial charge in [-0.2, -0.15) is 0 Å². The molecule has 2 heterocycles. The number of nitrogens with one attached hydrogen (secondary N) is 1. The Bertz CT molecular complexity index is 785. The molecular weight excluding hydrogens is 278 g/mol. The van der Waals surface area contributed by atoms with Crippen LogP contribution in [-0.4, -0.2) is 31.6 Å². The molecule has 4 nitrogen and oxygen atoms in total. The summed E-state index contributed by atoms with van der Waals surface area (Å²) in [5.41, 5.74) is 2.77. The summed E-state index contributed by atoms with van der Waals surface area (Å²) in [4.78, 5) is 12.6. The van der Waals surface area contributed by atoms with E-state index in [1.807, 2.05) is 6.07 Å². The van der Waals surface area contributed by atoms with Crippen LogP contribution in [0.3, 0.4) is 0 Å². The van der Waals surface area contributed by atoms with Crippen molar-refractivity contribution in [2.24, 2.45) is 11.3 Å². The number of benzene rings is 1. The van der Waals surface area contributed by atoms with Gasteiger partial charge in [-0.15, -0.1) is 0 Å². The Hall–Kier alpha value is -1.81. The molecule has 5 atom stereocenters. The standard InChI is InChI=1S/C18H17NO3/c1-21-12-5-2-9-6-17-7-18-10(15(17)19-8-17)3-4-11(20)16(18)22-14(12)13(9)18/h2-5,10,15-16,19H,6-8H2,1H3/t10?,15-,16-,17?,18-/m0/s1. The first kappa shape index (κ1) is 11.7. The van der Waals surface area contributed by atoms with Gasteiger partial charge < -0.3 is 14.8 Å². The predicted molar refractivity (Wildman–Crippen MR) is 79.3 cm³/mol. The highest BCUT2D eigenvalue weighted by Crippen LogP contribution is 2.70. The Balaban J connectivity index is 1.72. The van der Waals surface area contributed by atoms with E-state index in [9.17, 15) is 4.79 Å². The van der Waals surface area contributed by atoms with E-state index in [-0.39, 0.29) is 17.3 Å². The van der Waals surface area contributed by atoms with Crippen molar-refractivity contribution < 1.29 is 14.3 Å². The summed E-state index contributed by atoms with van der Waals surface area (Å²) in [7, 11) is 1.67. The third kappa shape index (κ3) is 0.951. The van der Waals surface area contributed by atoms with Crippen LogP contribution < -0.4 is 14.8 Å². The van der Waals surface area contributed by atoms with Gasteiger partial charge in [0.1, 0.15) is 0 Å². The molecular formula is C18H17NO3. The van der Waals surface area contributed by atoms with Crippen molar-refractivity contribution in [2.45, 2.75) is 30.4 Å². The minimum atomic E-state index is -0.364. The van der Waals surface area contributed by atoms with E-state index in [4.69, 9.17) is 9.47 Å². The highest BCUT2D eigenvalue weighted by molar-refractivity contribution is 5.98. The maximum absolute atomic E-state index is 12.6. The molecule has 2 spiro atoms. The summed E-state index contributed by atoms with van der Waals surface area (Å²) in [6.07, 6.45) is 5.68. The first-order valence-electron chi connectivity index (χ1n) is 8.02. The number of hydrogen-bond donors (Lipinski definition) is 1. The molecule has 2 bridgehead atoms. The van der Waals surface area contributed by atoms with Crippen molar-refractivity contribution >= 4 is 5.78 Å². The van der Waals surface area contributed by atoms with E-state index in [2.05, 4.69) is 17.5 Å². The summed E-state index contributed by atoms with van der Waals surface area (Å²) in [6, 6.07) is 4.66. The zero-order chi connectivity index (χ0) is 14.7. The molecule has 0 radical (unpaired) electrons. The topological polar surface area (TPSA) is 47.6 Å². The molecule has 0 amide bonds. The van der Waals surface area contributed by atoms with Crippen LogP contribution in [0.2, 0.25) is 0 Å². The summed E-state index contributed by atoms with van der Waals surface area (Å²) >= 11 is 0. The van der Waals surface area contributed by atoms with Crippen molar-refractivity contribution in [3.8, 4) is 11.5 Å². The van der Waals surface area contributed by atoms with Crippen molar-refractivity contribution in [3.63, 3.8) is 0 Å². The van der Waals surface area contributed by atoms with Gasteiger partial charge in [0.2, 0.25) is 0 Å². The van der Waals surface area contributed by atoms with Gasteiger partial charge in [-0.05, 0) is 30.5 Å². The molecule has 1 saturated heterocycles. The van der Waals surface area contributed by atoms with Crippen LogP contribution in [0.1, 0.15) is 17.5 Å². The minimum absolute atomic E-state index is 0.110. The predicted octanol–water partition coefficient (Wildman–Crippen LogP) is 1.37. The van der Waals surface area contributed by atoms with Crippen LogP contribution in [0.5, 0.6) is 11.5 Å². The summed E-state index contributed by atoms with van der Waals surface area (Å²) in [6.45, 7) is 1.06. The molecule has 1 aromatic rings. The smallest absolute Gasteiger partial charge is 0.196 e. The first-order chi connectivity index (χ1) is 10.7. The number of fused-ring (bicyclic) bond motifs is 1. The monoisotopic (exact) mass is 295 g/mol. The second-order valence-electron chi connectivity index (χ2n) is 7.53. The number of ether oxygens (including phenoxy) is 2. The molecule has 1 aromatic carbocycles. The Kier molecular flexibility index (Phi) is 1.73. The molecule has 112 valence electrons. The van der Waals surface area contributed by atoms with Crippen molar-refractivity contribution in [1.82, 2.24) is 5.32 Å². The van der Waals surface area contributed by atoms with Gasteiger partial charge in [-0.25, -0.2) is 0 Å². The molecule has 2 fully saturated rings. The van der Waals surface area contributed by atoms with E-state index in [0.29, 0.717) is 17.4 Å². The molecule has 1 saturated carbocycles. The van der Waals surface area contributed by atoms with E-state index >= 15 is 0 Å². The maximum atomic E-state index is 12.6. The first-order valence-corrected chi connectivity index (χ1v) is 8.02. The quantitative estimate of drug-likeness (QED) is 0.850. The second-order valence-corrected chi connectivity index (χ2v) is 7.53. The Labute approximate surface area is 128 Å². The number of hydrogen-bond acceptors (Lipinski definition) is 4. The Morgan fingerprint density at radius 1 is 1.41 bits per heavy atom. The molecule has 22 heavy (non-hydrogen) atoms. The lowest BCUT2D eigenvalue weighted by atomic mass is 9.60. The number of methoxy groups -OCH3 is 1. The maximum Gasteiger partial charge on any atom is 0.196 e. The fraction of sp³-hybridized carbons (Fsp3) is 0.500. The molecule has 0 aromatic heterocycles. The Morgan fingerprint density at radius 2 is 2.32 bits per heavy atom. The highest BCUT2D eigenvalue weighted by atomic mass is 16.5. The minimum Gasteiger partial charge on any atom is -0.493 e. The van der Waals surface area contributed by atoms with Gasteiger partial charge in [0.25, 0.3) is 0 Å². The number of carbonyl (C=O) groups is 1. The third-order valence-corrected chi connectivity index (χ3v) is 6.80. The average molecular weight is 295 g/mol. The largest absolute Gasteiger partial charge is 0.493 e. The van der Waals surface area contributed by atoms with Crippen LogP contribution >= 0.6 is 0 Å². The fourth-order valence-corrected chi connectivity index (χ4v) is 6.10. The van der Waals surface area contributed by atoms with Crippen LogP contribution in [0.25, 0.3) is 0 Å². The lowest BCUT2D eigenvalue weighted by molar-refractivity contribution is -0.124. The number of rotatable bonds is 1. The average Bonchev–Trinajstić information content (AvgIpc) is 2.93. The van der Waals surface area contributed by atoms with Gasteiger partial charge in [0.05, 0.1) is 12.5 Å². The lowest BCUT2D eigenvalue weighted by Gasteiger charge is -2.48. The van der Waals surface area contributed by atoms with Crippen molar-refractivity contribution in [2.75, 3.05) is 13.7 Å². The molecule has 2 unspecified atom stereocenters. The van der Waals surface area contributed by atoms with Gasteiger partial charge in [0, 0.05) is 29.5 Å². The van der Waals surface area contributed by atoms with Gasteiger partial charge >= 0.3 is 0 Å². The van der Waals surface area contributed by atoms with Gasteiger partial charge in [-0.1, -0.05) is 12.1 Å². The SMILES string of the molecule is COc1ccc2c3c1O[C@H]1C(=O)C=CC4[C@@H]5NCC5(C2)C[C@@]341. The lowest BCUT2D eigenvalue weighted by Crippen LogP contribution is -2.62. The number of carbonyl (C=O) groups excluding carboxylic acids is 1. The zero-order valence-electron chi connectivity index (χ0n) is 12.4. The fourth-order valence-electron chi connectivity index (χ4n) is 6.10. The normalized spacial score (nSPS) is 45.0. The van der Waals surface area contributed by atoms with E-state index < -0.39 is 0 Å². The molecule has 1 N–H and O–H groups in total. The van der Waals surface area contributed by atoms with Crippen molar-refractivity contribution in [1.29, 1.82) is 0 Å². The Morgan fingerprint density at radius 3 is 3.09 bits per heavy atom. The molecule has 5 aliphatic rings. The summed E-state index contributed by atoms with van der Waals surface area (Å²) in [5.74, 6) is 2.05. The van der Waals surface area contributed by atoms with E-state index in [1.165, 1.54) is 11.1 Å². The summed E-state index contributed by atoms with van der Waals surface area (Å²) < 4.78 is 11.7. The second kappa shape index (κ2) is 3.25. The molecule has 4 heteroatoms. The summed E-state index contributed by atoms with van der Waals surface area (Å²) in [5, 5.41) is 3.64. The number of ketones is 1. The zero-order valence-corrected chi connectivity index (χ0v) is 12.4. The third-order valence-electron chi connectivity index (χ3n) is 6.80. The molecule has 3 aliphatic carbocycles. The van der Waals surface area contributed by atoms with Crippen LogP contribution in [-0.2, 0) is 16.6 Å². The van der Waals surface area contributed by atoms with Crippen LogP contribution in [0, 0.1) is 11.3 Å². The van der Waals surface area contributed by atoms with Crippen LogP contribution in [0.4, 0.5) is 0 Å². The van der Waals surface area contributed by atoms with Crippen LogP contribution in [0.15, 0.2) is 24.3 Å². The van der Waals surface area contributed by atoms with E-state index in [1.54, 1.807) is 13.2 Å². The van der Waals surface area contributed by atoms with E-state index in [0.717, 1.165) is 30.9 Å². The van der Waals surface area contributed by atoms with Crippen molar-refractivity contribution in [3.05, 3.63) is 35.4 Å². The van der Waals surface area contributed by atoms with Gasteiger partial charge in [-0.3, -0.25) is 4.79 Å². The molecule has 2 aliphatic heterocycles. The van der Waals surface area contributed by atoms with Gasteiger partial charge in [0.15, 0.2) is 23.4 Å². The highest BCUT2D eigenvalue weighted by Gasteiger charge is 2.74. The molecule has 6 rings (SSSR count).